The quantitative estimate of drug-likeness (QED) is 0.878. The topological polar surface area (TPSA) is 83.6 Å². The van der Waals surface area contributed by atoms with Crippen LogP contribution in [-0.4, -0.2) is 26.0 Å². The fraction of sp³-hybridized carbons (Fsp3) is 0.300. The highest BCUT2D eigenvalue weighted by molar-refractivity contribution is 7.94. The SMILES string of the molecule is Cc1cccc(NC(=O)c2cccc(N3C(=O)C(C)(C)CS3(=O)=O)c2)c1C. The van der Waals surface area contributed by atoms with Crippen molar-refractivity contribution in [2.45, 2.75) is 27.7 Å². The van der Waals surface area contributed by atoms with Gasteiger partial charge in [-0.25, -0.2) is 12.7 Å². The van der Waals surface area contributed by atoms with E-state index >= 15 is 0 Å². The van der Waals surface area contributed by atoms with Crippen molar-refractivity contribution in [1.29, 1.82) is 0 Å². The van der Waals surface area contributed by atoms with Crippen molar-refractivity contribution in [3.63, 3.8) is 0 Å². The predicted octanol–water partition coefficient (Wildman–Crippen LogP) is 3.26. The Hall–Kier alpha value is -2.67. The number of aryl methyl sites for hydroxylation is 1. The zero-order valence-electron chi connectivity index (χ0n) is 15.7. The van der Waals surface area contributed by atoms with Crippen LogP contribution in [-0.2, 0) is 14.8 Å². The predicted molar refractivity (Wildman–Crippen MR) is 105 cm³/mol. The molecule has 1 fully saturated rings. The molecular weight excluding hydrogens is 364 g/mol. The molecular formula is C20H22N2O4S. The van der Waals surface area contributed by atoms with E-state index in [2.05, 4.69) is 5.32 Å². The summed E-state index contributed by atoms with van der Waals surface area (Å²) in [5.41, 5.74) is 2.17. The Morgan fingerprint density at radius 1 is 1.11 bits per heavy atom. The summed E-state index contributed by atoms with van der Waals surface area (Å²) in [7, 11) is -3.76. The van der Waals surface area contributed by atoms with Crippen LogP contribution in [0.15, 0.2) is 42.5 Å². The van der Waals surface area contributed by atoms with Gasteiger partial charge in [-0.1, -0.05) is 18.2 Å². The third-order valence-corrected chi connectivity index (χ3v) is 6.80. The number of hydrogen-bond donors (Lipinski definition) is 1. The van der Waals surface area contributed by atoms with Gasteiger partial charge in [-0.3, -0.25) is 9.59 Å². The maximum atomic E-state index is 12.7. The first-order valence-corrected chi connectivity index (χ1v) is 10.2. The number of benzene rings is 2. The van der Waals surface area contributed by atoms with Gasteiger partial charge < -0.3 is 5.32 Å². The largest absolute Gasteiger partial charge is 0.322 e. The van der Waals surface area contributed by atoms with Gasteiger partial charge in [0.15, 0.2) is 0 Å². The Balaban J connectivity index is 1.93. The van der Waals surface area contributed by atoms with E-state index < -0.39 is 21.3 Å². The molecule has 0 spiro atoms. The molecule has 0 bridgehead atoms. The molecule has 0 radical (unpaired) electrons. The zero-order chi connectivity index (χ0) is 20.0. The summed E-state index contributed by atoms with van der Waals surface area (Å²) in [5, 5.41) is 2.84. The van der Waals surface area contributed by atoms with Gasteiger partial charge in [-0.2, -0.15) is 0 Å². The van der Waals surface area contributed by atoms with Gasteiger partial charge in [0.2, 0.25) is 15.9 Å². The molecule has 0 atom stereocenters. The normalized spacial score (nSPS) is 17.8. The molecule has 0 aromatic heterocycles. The number of hydrogen-bond acceptors (Lipinski definition) is 4. The standard InChI is InChI=1S/C20H22N2O4S/c1-13-7-5-10-17(14(13)2)21-18(23)15-8-6-9-16(11-15)22-19(24)20(3,4)12-27(22,25)26/h5-11H,12H2,1-4H3,(H,21,23). The van der Waals surface area contributed by atoms with Gasteiger partial charge in [-0.15, -0.1) is 0 Å². The van der Waals surface area contributed by atoms with Gasteiger partial charge in [0, 0.05) is 11.3 Å². The number of carbonyl (C=O) groups excluding carboxylic acids is 2. The van der Waals surface area contributed by atoms with Crippen LogP contribution in [0.2, 0.25) is 0 Å². The Morgan fingerprint density at radius 2 is 1.78 bits per heavy atom. The van der Waals surface area contributed by atoms with E-state index in [0.717, 1.165) is 15.4 Å². The average Bonchev–Trinajstić information content (AvgIpc) is 2.75. The lowest BCUT2D eigenvalue weighted by Crippen LogP contribution is -2.33. The lowest BCUT2D eigenvalue weighted by molar-refractivity contribution is -0.123. The second-order valence-electron chi connectivity index (χ2n) is 7.46. The van der Waals surface area contributed by atoms with Crippen molar-refractivity contribution in [3.05, 3.63) is 59.2 Å². The highest BCUT2D eigenvalue weighted by atomic mass is 32.2. The van der Waals surface area contributed by atoms with Crippen molar-refractivity contribution in [3.8, 4) is 0 Å². The van der Waals surface area contributed by atoms with Crippen LogP contribution in [0, 0.1) is 19.3 Å². The van der Waals surface area contributed by atoms with Crippen molar-refractivity contribution in [2.75, 3.05) is 15.4 Å². The zero-order valence-corrected chi connectivity index (χ0v) is 16.6. The van der Waals surface area contributed by atoms with E-state index in [0.29, 0.717) is 5.69 Å². The van der Waals surface area contributed by atoms with Crippen LogP contribution < -0.4 is 9.62 Å². The Labute approximate surface area is 159 Å². The van der Waals surface area contributed by atoms with Gasteiger partial charge >= 0.3 is 0 Å². The fourth-order valence-electron chi connectivity index (χ4n) is 3.12. The van der Waals surface area contributed by atoms with Crippen molar-refractivity contribution >= 4 is 33.2 Å². The molecule has 0 saturated carbocycles. The molecule has 3 rings (SSSR count). The fourth-order valence-corrected chi connectivity index (χ4v) is 5.21. The lowest BCUT2D eigenvalue weighted by Gasteiger charge is -2.18. The molecule has 1 N–H and O–H groups in total. The number of nitrogens with zero attached hydrogens (tertiary/aromatic N) is 1. The summed E-state index contributed by atoms with van der Waals surface area (Å²) < 4.78 is 25.7. The van der Waals surface area contributed by atoms with Gasteiger partial charge in [-0.05, 0) is 63.1 Å². The first-order valence-electron chi connectivity index (χ1n) is 8.58. The minimum absolute atomic E-state index is 0.180. The number of sulfonamides is 1. The van der Waals surface area contributed by atoms with E-state index in [-0.39, 0.29) is 22.9 Å². The molecule has 27 heavy (non-hydrogen) atoms. The van der Waals surface area contributed by atoms with E-state index in [1.807, 2.05) is 26.0 Å². The van der Waals surface area contributed by atoms with Crippen LogP contribution >= 0.6 is 0 Å². The highest BCUT2D eigenvalue weighted by Gasteiger charge is 2.49. The molecule has 142 valence electrons. The molecule has 7 heteroatoms. The summed E-state index contributed by atoms with van der Waals surface area (Å²) >= 11 is 0. The Kier molecular flexibility index (Phi) is 4.59. The smallest absolute Gasteiger partial charge is 0.255 e. The number of amides is 2. The van der Waals surface area contributed by atoms with E-state index in [9.17, 15) is 18.0 Å². The summed E-state index contributed by atoms with van der Waals surface area (Å²) in [6.07, 6.45) is 0. The minimum atomic E-state index is -3.76. The summed E-state index contributed by atoms with van der Waals surface area (Å²) in [5.74, 6) is -1.11. The van der Waals surface area contributed by atoms with E-state index in [1.54, 1.807) is 32.0 Å². The average molecular weight is 386 g/mol. The van der Waals surface area contributed by atoms with Crippen LogP contribution in [0.3, 0.4) is 0 Å². The molecule has 2 aromatic carbocycles. The third kappa shape index (κ3) is 3.47. The monoisotopic (exact) mass is 386 g/mol. The molecule has 1 heterocycles. The van der Waals surface area contributed by atoms with E-state index in [1.165, 1.54) is 12.1 Å². The van der Waals surface area contributed by atoms with Gasteiger partial charge in [0.25, 0.3) is 5.91 Å². The van der Waals surface area contributed by atoms with Crippen molar-refractivity contribution < 1.29 is 18.0 Å². The maximum absolute atomic E-state index is 12.7. The molecule has 0 unspecified atom stereocenters. The Morgan fingerprint density at radius 3 is 2.41 bits per heavy atom. The first kappa shape index (κ1) is 19.1. The minimum Gasteiger partial charge on any atom is -0.322 e. The lowest BCUT2D eigenvalue weighted by atomic mass is 9.95. The molecule has 2 aromatic rings. The van der Waals surface area contributed by atoms with Crippen LogP contribution in [0.25, 0.3) is 0 Å². The van der Waals surface area contributed by atoms with E-state index in [4.69, 9.17) is 0 Å². The van der Waals surface area contributed by atoms with Gasteiger partial charge in [0.1, 0.15) is 0 Å². The van der Waals surface area contributed by atoms with Crippen molar-refractivity contribution in [1.82, 2.24) is 0 Å². The molecule has 0 aliphatic carbocycles. The highest BCUT2D eigenvalue weighted by Crippen LogP contribution is 2.36. The molecule has 1 saturated heterocycles. The number of rotatable bonds is 3. The van der Waals surface area contributed by atoms with Crippen LogP contribution in [0.1, 0.15) is 35.3 Å². The first-order chi connectivity index (χ1) is 12.5. The summed E-state index contributed by atoms with van der Waals surface area (Å²) in [4.78, 5) is 25.2. The number of anilines is 2. The second-order valence-corrected chi connectivity index (χ2v) is 9.28. The second kappa shape index (κ2) is 6.49. The molecule has 1 aliphatic heterocycles. The summed E-state index contributed by atoms with van der Waals surface area (Å²) in [6.45, 7) is 7.07. The number of carbonyl (C=O) groups is 2. The Bertz CT molecular complexity index is 1040. The molecule has 2 amide bonds. The summed E-state index contributed by atoms with van der Waals surface area (Å²) in [6, 6.07) is 11.7. The van der Waals surface area contributed by atoms with Gasteiger partial charge in [0.05, 0.1) is 16.9 Å². The molecule has 6 nitrogen and oxygen atoms in total. The number of nitrogens with one attached hydrogen (secondary N) is 1. The third-order valence-electron chi connectivity index (χ3n) is 4.78. The van der Waals surface area contributed by atoms with Crippen molar-refractivity contribution in [2.24, 2.45) is 5.41 Å². The maximum Gasteiger partial charge on any atom is 0.255 e. The van der Waals surface area contributed by atoms with Crippen LogP contribution in [0.4, 0.5) is 11.4 Å². The van der Waals surface area contributed by atoms with Crippen LogP contribution in [0.5, 0.6) is 0 Å². The molecule has 1 aliphatic rings.